The van der Waals surface area contributed by atoms with Gasteiger partial charge in [0.15, 0.2) is 5.82 Å². The Morgan fingerprint density at radius 3 is 2.80 bits per heavy atom. The Balaban J connectivity index is 1.53. The summed E-state index contributed by atoms with van der Waals surface area (Å²) in [4.78, 5) is 15.0. The number of aromatic nitrogens is 3. The predicted molar refractivity (Wildman–Crippen MR) is 94.5 cm³/mol. The van der Waals surface area contributed by atoms with Crippen LogP contribution in [0.1, 0.15) is 16.8 Å². The Hall–Kier alpha value is -2.37. The molecule has 0 unspecified atom stereocenters. The van der Waals surface area contributed by atoms with Crippen LogP contribution in [0.3, 0.4) is 0 Å². The van der Waals surface area contributed by atoms with E-state index < -0.39 is 5.95 Å². The number of benzene rings is 1. The van der Waals surface area contributed by atoms with Crippen LogP contribution in [0.4, 0.5) is 4.39 Å². The highest BCUT2D eigenvalue weighted by Gasteiger charge is 2.20. The lowest BCUT2D eigenvalue weighted by molar-refractivity contribution is 0.239. The smallest absolute Gasteiger partial charge is 0.217 e. The molecule has 0 saturated heterocycles. The van der Waals surface area contributed by atoms with Gasteiger partial charge in [-0.3, -0.25) is 4.90 Å². The minimum absolute atomic E-state index is 0.449. The largest absolute Gasteiger partial charge is 0.294 e. The van der Waals surface area contributed by atoms with Gasteiger partial charge in [-0.25, -0.2) is 15.0 Å². The summed E-state index contributed by atoms with van der Waals surface area (Å²) in [5, 5.41) is 0.449. The first kappa shape index (κ1) is 16.1. The van der Waals surface area contributed by atoms with Gasteiger partial charge in [0, 0.05) is 55.1 Å². The van der Waals surface area contributed by atoms with E-state index in [2.05, 4.69) is 14.9 Å². The molecular formula is C19H16ClFN4. The summed E-state index contributed by atoms with van der Waals surface area (Å²) >= 11 is 5.92. The van der Waals surface area contributed by atoms with Crippen LogP contribution in [0.15, 0.2) is 48.8 Å². The van der Waals surface area contributed by atoms with Crippen molar-refractivity contribution in [2.24, 2.45) is 0 Å². The Bertz CT molecular complexity index is 901. The fourth-order valence-corrected chi connectivity index (χ4v) is 3.23. The fraction of sp³-hybridized carbons (Fsp3) is 0.211. The summed E-state index contributed by atoms with van der Waals surface area (Å²) in [5.41, 5.74) is 3.67. The van der Waals surface area contributed by atoms with Crippen molar-refractivity contribution < 1.29 is 4.39 Å². The van der Waals surface area contributed by atoms with Gasteiger partial charge in [-0.05, 0) is 6.07 Å². The van der Waals surface area contributed by atoms with Gasteiger partial charge >= 0.3 is 0 Å². The van der Waals surface area contributed by atoms with Crippen molar-refractivity contribution in [3.8, 4) is 11.4 Å². The number of nitrogens with zero attached hydrogens (tertiary/aromatic N) is 4. The molecule has 1 aromatic carbocycles. The topological polar surface area (TPSA) is 41.9 Å². The molecule has 0 atom stereocenters. The normalized spacial score (nSPS) is 14.3. The number of hydrogen-bond donors (Lipinski definition) is 0. The third kappa shape index (κ3) is 3.52. The van der Waals surface area contributed by atoms with Crippen molar-refractivity contribution in [1.82, 2.24) is 19.9 Å². The summed E-state index contributed by atoms with van der Waals surface area (Å²) in [6.45, 7) is 1.97. The molecule has 3 aromatic rings. The standard InChI is InChI=1S/C19H16ClFN4/c20-16-8-14(18(21)22-10-16)11-25-7-6-17-15(12-25)9-23-19(24-17)13-4-2-1-3-5-13/h1-5,8-10H,6-7,11-12H2. The molecule has 0 bridgehead atoms. The maximum absolute atomic E-state index is 13.8. The van der Waals surface area contributed by atoms with Crippen LogP contribution in [0.5, 0.6) is 0 Å². The van der Waals surface area contributed by atoms with E-state index in [0.29, 0.717) is 23.7 Å². The zero-order valence-electron chi connectivity index (χ0n) is 13.5. The highest BCUT2D eigenvalue weighted by atomic mass is 35.5. The third-order valence-corrected chi connectivity index (χ3v) is 4.52. The minimum atomic E-state index is -0.467. The zero-order valence-corrected chi connectivity index (χ0v) is 14.2. The number of hydrogen-bond acceptors (Lipinski definition) is 4. The summed E-state index contributed by atoms with van der Waals surface area (Å²) in [6, 6.07) is 11.6. The van der Waals surface area contributed by atoms with Crippen LogP contribution in [0, 0.1) is 5.95 Å². The Kier molecular flexibility index (Phi) is 4.42. The van der Waals surface area contributed by atoms with E-state index in [1.165, 1.54) is 6.20 Å². The molecule has 25 heavy (non-hydrogen) atoms. The van der Waals surface area contributed by atoms with Crippen LogP contribution >= 0.6 is 11.6 Å². The molecule has 0 fully saturated rings. The maximum Gasteiger partial charge on any atom is 0.217 e. The lowest BCUT2D eigenvalue weighted by atomic mass is 10.1. The Labute approximate surface area is 150 Å². The molecule has 0 radical (unpaired) electrons. The number of pyridine rings is 1. The molecule has 2 aromatic heterocycles. The summed E-state index contributed by atoms with van der Waals surface area (Å²) in [5.74, 6) is 0.281. The molecule has 4 rings (SSSR count). The van der Waals surface area contributed by atoms with Crippen LogP contribution < -0.4 is 0 Å². The molecule has 0 spiro atoms. The van der Waals surface area contributed by atoms with Gasteiger partial charge < -0.3 is 0 Å². The van der Waals surface area contributed by atoms with Crippen LogP contribution in [0.25, 0.3) is 11.4 Å². The fourth-order valence-electron chi connectivity index (χ4n) is 3.05. The summed E-state index contributed by atoms with van der Waals surface area (Å²) in [6.07, 6.45) is 4.02. The SMILES string of the molecule is Fc1ncc(Cl)cc1CN1CCc2nc(-c3ccccc3)ncc2C1. The monoisotopic (exact) mass is 354 g/mol. The first-order valence-corrected chi connectivity index (χ1v) is 8.49. The highest BCUT2D eigenvalue weighted by molar-refractivity contribution is 6.30. The van der Waals surface area contributed by atoms with Crippen molar-refractivity contribution in [2.75, 3.05) is 6.54 Å². The highest BCUT2D eigenvalue weighted by Crippen LogP contribution is 2.23. The molecule has 1 aliphatic rings. The molecule has 1 aliphatic heterocycles. The van der Waals surface area contributed by atoms with E-state index >= 15 is 0 Å². The average Bonchev–Trinajstić information content (AvgIpc) is 2.65. The second-order valence-corrected chi connectivity index (χ2v) is 6.53. The van der Waals surface area contributed by atoms with E-state index in [0.717, 1.165) is 35.6 Å². The van der Waals surface area contributed by atoms with Crippen molar-refractivity contribution in [3.63, 3.8) is 0 Å². The van der Waals surface area contributed by atoms with E-state index in [4.69, 9.17) is 16.6 Å². The summed E-state index contributed by atoms with van der Waals surface area (Å²) in [7, 11) is 0. The third-order valence-electron chi connectivity index (χ3n) is 4.32. The quantitative estimate of drug-likeness (QED) is 0.669. The molecule has 0 N–H and O–H groups in total. The van der Waals surface area contributed by atoms with Gasteiger partial charge in [-0.15, -0.1) is 0 Å². The number of halogens is 2. The van der Waals surface area contributed by atoms with Crippen molar-refractivity contribution in [1.29, 1.82) is 0 Å². The van der Waals surface area contributed by atoms with Crippen molar-refractivity contribution in [3.05, 3.63) is 76.6 Å². The van der Waals surface area contributed by atoms with Crippen molar-refractivity contribution >= 4 is 11.6 Å². The summed E-state index contributed by atoms with van der Waals surface area (Å²) < 4.78 is 13.8. The van der Waals surface area contributed by atoms with Crippen LogP contribution in [0.2, 0.25) is 5.02 Å². The lowest BCUT2D eigenvalue weighted by Crippen LogP contribution is -2.31. The van der Waals surface area contributed by atoms with Gasteiger partial charge in [-0.1, -0.05) is 41.9 Å². The second-order valence-electron chi connectivity index (χ2n) is 6.10. The van der Waals surface area contributed by atoms with Gasteiger partial charge in [0.25, 0.3) is 0 Å². The zero-order chi connectivity index (χ0) is 17.2. The molecule has 126 valence electrons. The van der Waals surface area contributed by atoms with E-state index in [1.54, 1.807) is 6.07 Å². The van der Waals surface area contributed by atoms with E-state index in [1.807, 2.05) is 36.5 Å². The molecule has 0 saturated carbocycles. The Morgan fingerprint density at radius 1 is 1.12 bits per heavy atom. The minimum Gasteiger partial charge on any atom is -0.294 e. The molecule has 0 amide bonds. The first-order chi connectivity index (χ1) is 12.2. The number of fused-ring (bicyclic) bond motifs is 1. The van der Waals surface area contributed by atoms with Gasteiger partial charge in [-0.2, -0.15) is 4.39 Å². The lowest BCUT2D eigenvalue weighted by Gasteiger charge is -2.28. The Morgan fingerprint density at radius 2 is 1.96 bits per heavy atom. The molecule has 3 heterocycles. The number of rotatable bonds is 3. The first-order valence-electron chi connectivity index (χ1n) is 8.11. The molecular weight excluding hydrogens is 339 g/mol. The average molecular weight is 355 g/mol. The van der Waals surface area contributed by atoms with E-state index in [-0.39, 0.29) is 0 Å². The maximum atomic E-state index is 13.8. The molecule has 0 aliphatic carbocycles. The van der Waals surface area contributed by atoms with Crippen LogP contribution in [-0.2, 0) is 19.5 Å². The van der Waals surface area contributed by atoms with E-state index in [9.17, 15) is 4.39 Å². The van der Waals surface area contributed by atoms with Gasteiger partial charge in [0.2, 0.25) is 5.95 Å². The molecule has 6 heteroatoms. The predicted octanol–water partition coefficient (Wildman–Crippen LogP) is 3.89. The van der Waals surface area contributed by atoms with Gasteiger partial charge in [0.05, 0.1) is 10.7 Å². The second kappa shape index (κ2) is 6.86. The van der Waals surface area contributed by atoms with Gasteiger partial charge in [0.1, 0.15) is 0 Å². The van der Waals surface area contributed by atoms with Crippen molar-refractivity contribution in [2.45, 2.75) is 19.5 Å². The van der Waals surface area contributed by atoms with Crippen LogP contribution in [-0.4, -0.2) is 26.4 Å². The molecule has 4 nitrogen and oxygen atoms in total.